The van der Waals surface area contributed by atoms with E-state index >= 15 is 0 Å². The van der Waals surface area contributed by atoms with E-state index in [4.69, 9.17) is 10.8 Å². The van der Waals surface area contributed by atoms with Crippen LogP contribution in [-0.2, 0) is 0 Å². The molecule has 0 radical (unpaired) electrons. The lowest BCUT2D eigenvalue weighted by molar-refractivity contribution is 1.32. The molecule has 5 heteroatoms. The van der Waals surface area contributed by atoms with E-state index in [0.717, 1.165) is 0 Å². The summed E-state index contributed by atoms with van der Waals surface area (Å²) in [5.41, 5.74) is 0. The molecule has 0 unspecified atom stereocenters. The second-order valence-electron chi connectivity index (χ2n) is 1.98. The van der Waals surface area contributed by atoms with Gasteiger partial charge >= 0.3 is 0 Å². The van der Waals surface area contributed by atoms with Crippen LogP contribution in [0.25, 0.3) is 0 Å². The minimum Gasteiger partial charge on any atom is -0.315 e. The zero-order valence-electron chi connectivity index (χ0n) is 7.30. The summed E-state index contributed by atoms with van der Waals surface area (Å²) in [4.78, 5) is 0. The summed E-state index contributed by atoms with van der Waals surface area (Å²) in [7, 11) is 0. The van der Waals surface area contributed by atoms with Gasteiger partial charge in [0.2, 0.25) is 0 Å². The maximum atomic E-state index is 7.38. The van der Waals surface area contributed by atoms with Gasteiger partial charge in [0.25, 0.3) is 0 Å². The van der Waals surface area contributed by atoms with Crippen LogP contribution < -0.4 is 5.32 Å². The summed E-state index contributed by atoms with van der Waals surface area (Å²) in [5, 5.41) is 18.0. The molecule has 0 rings (SSSR count). The van der Waals surface area contributed by atoms with E-state index in [1.54, 1.807) is 12.2 Å². The molecule has 0 aromatic rings. The number of rotatable bonds is 4. The number of hydrogen-bond donors (Lipinski definition) is 3. The third-order valence-electron chi connectivity index (χ3n) is 0.918. The highest BCUT2D eigenvalue weighted by molar-refractivity contribution is 8.15. The Morgan fingerprint density at radius 3 is 1.77 bits per heavy atom. The van der Waals surface area contributed by atoms with Crippen molar-refractivity contribution in [1.82, 2.24) is 5.32 Å². The quantitative estimate of drug-likeness (QED) is 0.383. The maximum absolute atomic E-state index is 7.38. The van der Waals surface area contributed by atoms with Gasteiger partial charge in [-0.25, -0.2) is 0 Å². The van der Waals surface area contributed by atoms with Crippen molar-refractivity contribution >= 4 is 33.9 Å². The highest BCUT2D eigenvalue weighted by atomic mass is 32.2. The lowest BCUT2D eigenvalue weighted by Crippen LogP contribution is -2.24. The van der Waals surface area contributed by atoms with E-state index < -0.39 is 0 Å². The topological polar surface area (TPSA) is 59.7 Å². The van der Waals surface area contributed by atoms with Gasteiger partial charge in [0.15, 0.2) is 10.3 Å². The Morgan fingerprint density at radius 2 is 1.46 bits per heavy atom. The summed E-state index contributed by atoms with van der Waals surface area (Å²) in [6.45, 7) is 7.09. The van der Waals surface area contributed by atoms with E-state index in [9.17, 15) is 0 Å². The van der Waals surface area contributed by atoms with Crippen LogP contribution in [0.2, 0.25) is 0 Å². The van der Waals surface area contributed by atoms with E-state index in [2.05, 4.69) is 18.5 Å². The first-order valence-electron chi connectivity index (χ1n) is 3.62. The fourth-order valence-electron chi connectivity index (χ4n) is 0.460. The zero-order chi connectivity index (χ0) is 10.1. The molecule has 13 heavy (non-hydrogen) atoms. The zero-order valence-corrected chi connectivity index (χ0v) is 8.93. The van der Waals surface area contributed by atoms with Crippen LogP contribution in [0.4, 0.5) is 0 Å². The average Bonchev–Trinajstić information content (AvgIpc) is 2.11. The highest BCUT2D eigenvalue weighted by Gasteiger charge is 1.99. The molecule has 0 atom stereocenters. The molecule has 0 amide bonds. The van der Waals surface area contributed by atoms with Crippen LogP contribution in [0.1, 0.15) is 0 Å². The van der Waals surface area contributed by atoms with E-state index in [1.165, 1.54) is 23.5 Å². The van der Waals surface area contributed by atoms with E-state index in [-0.39, 0.29) is 10.3 Å². The van der Waals surface area contributed by atoms with Gasteiger partial charge in [0.05, 0.1) is 0 Å². The number of amidine groups is 2. The lowest BCUT2D eigenvalue weighted by atomic mass is 10.8. The van der Waals surface area contributed by atoms with Gasteiger partial charge in [-0.3, -0.25) is 10.8 Å². The van der Waals surface area contributed by atoms with Gasteiger partial charge < -0.3 is 5.32 Å². The standard InChI is InChI=1S/C8H13N3S2/c1-3-5-12-7(9)11-8(10)13-6-4-2/h3-4H,1-2,5-6H2,(H3,9,10,11). The second-order valence-corrected chi connectivity index (χ2v) is 4.04. The van der Waals surface area contributed by atoms with E-state index in [0.29, 0.717) is 11.5 Å². The van der Waals surface area contributed by atoms with Crippen molar-refractivity contribution in [1.29, 1.82) is 10.8 Å². The molecule has 3 nitrogen and oxygen atoms in total. The Morgan fingerprint density at radius 1 is 1.08 bits per heavy atom. The monoisotopic (exact) mass is 215 g/mol. The molecule has 72 valence electrons. The number of hydrogen-bond acceptors (Lipinski definition) is 4. The predicted octanol–water partition coefficient (Wildman–Crippen LogP) is 2.28. The van der Waals surface area contributed by atoms with Crippen molar-refractivity contribution in [3.8, 4) is 0 Å². The third-order valence-corrected chi connectivity index (χ3v) is 2.50. The molecular weight excluding hydrogens is 202 g/mol. The lowest BCUT2D eigenvalue weighted by Gasteiger charge is -2.05. The number of thioether (sulfide) groups is 2. The van der Waals surface area contributed by atoms with Crippen molar-refractivity contribution in [3.63, 3.8) is 0 Å². The van der Waals surface area contributed by atoms with Gasteiger partial charge in [-0.15, -0.1) is 13.2 Å². The first kappa shape index (κ1) is 12.3. The molecule has 0 aromatic heterocycles. The smallest absolute Gasteiger partial charge is 0.160 e. The van der Waals surface area contributed by atoms with Crippen molar-refractivity contribution in [3.05, 3.63) is 25.3 Å². The summed E-state index contributed by atoms with van der Waals surface area (Å²) in [6.07, 6.45) is 3.45. The molecule has 0 fully saturated rings. The number of nitrogens with one attached hydrogen (secondary N) is 3. The first-order chi connectivity index (χ1) is 6.20. The summed E-state index contributed by atoms with van der Waals surface area (Å²) in [5.74, 6) is 1.37. The predicted molar refractivity (Wildman–Crippen MR) is 63.9 cm³/mol. The molecule has 0 aliphatic rings. The largest absolute Gasteiger partial charge is 0.315 e. The molecular formula is C8H13N3S2. The second kappa shape index (κ2) is 7.94. The van der Waals surface area contributed by atoms with Gasteiger partial charge in [0, 0.05) is 11.5 Å². The summed E-state index contributed by atoms with van der Waals surface area (Å²) in [6, 6.07) is 0. The van der Waals surface area contributed by atoms with Crippen LogP contribution in [0, 0.1) is 10.8 Å². The Hall–Kier alpha value is -0.680. The molecule has 0 aliphatic carbocycles. The maximum Gasteiger partial charge on any atom is 0.160 e. The van der Waals surface area contributed by atoms with Crippen molar-refractivity contribution in [2.45, 2.75) is 0 Å². The van der Waals surface area contributed by atoms with Gasteiger partial charge in [-0.1, -0.05) is 35.7 Å². The normalized spacial score (nSPS) is 8.92. The molecule has 0 aromatic carbocycles. The van der Waals surface area contributed by atoms with Crippen LogP contribution in [-0.4, -0.2) is 21.8 Å². The summed E-state index contributed by atoms with van der Waals surface area (Å²) < 4.78 is 0. The van der Waals surface area contributed by atoms with Crippen LogP contribution in [0.5, 0.6) is 0 Å². The van der Waals surface area contributed by atoms with Crippen LogP contribution in [0.3, 0.4) is 0 Å². The first-order valence-corrected chi connectivity index (χ1v) is 5.59. The third kappa shape index (κ3) is 7.67. The fourth-order valence-corrected chi connectivity index (χ4v) is 1.44. The van der Waals surface area contributed by atoms with Crippen LogP contribution >= 0.6 is 23.5 Å². The fraction of sp³-hybridized carbons (Fsp3) is 0.250. The minimum absolute atomic E-state index is 0.279. The minimum atomic E-state index is 0.279. The molecule has 3 N–H and O–H groups in total. The molecule has 0 saturated heterocycles. The van der Waals surface area contributed by atoms with Crippen LogP contribution in [0.15, 0.2) is 25.3 Å². The highest BCUT2D eigenvalue weighted by Crippen LogP contribution is 2.04. The summed E-state index contributed by atoms with van der Waals surface area (Å²) >= 11 is 2.62. The average molecular weight is 215 g/mol. The Kier molecular flexibility index (Phi) is 7.53. The molecule has 0 heterocycles. The van der Waals surface area contributed by atoms with Crippen molar-refractivity contribution < 1.29 is 0 Å². The van der Waals surface area contributed by atoms with Crippen molar-refractivity contribution in [2.75, 3.05) is 11.5 Å². The Bertz CT molecular complexity index is 191. The van der Waals surface area contributed by atoms with Gasteiger partial charge in [-0.05, 0) is 0 Å². The molecule has 0 aliphatic heterocycles. The Labute approximate surface area is 87.1 Å². The van der Waals surface area contributed by atoms with Crippen molar-refractivity contribution in [2.24, 2.45) is 0 Å². The Balaban J connectivity index is 3.58. The molecule has 0 bridgehead atoms. The molecule has 0 saturated carbocycles. The van der Waals surface area contributed by atoms with E-state index in [1.807, 2.05) is 0 Å². The van der Waals surface area contributed by atoms with Gasteiger partial charge in [0.1, 0.15) is 0 Å². The van der Waals surface area contributed by atoms with Gasteiger partial charge in [-0.2, -0.15) is 0 Å². The molecule has 0 spiro atoms. The SMILES string of the molecule is C=CCSC(=N)NC(=N)SCC=C.